The minimum absolute atomic E-state index is 0.00733. The summed E-state index contributed by atoms with van der Waals surface area (Å²) in [4.78, 5) is 17.7. The van der Waals surface area contributed by atoms with Crippen molar-refractivity contribution in [2.24, 2.45) is 0 Å². The Labute approximate surface area is 241 Å². The van der Waals surface area contributed by atoms with E-state index < -0.39 is 23.3 Å². The number of halogens is 3. The second-order valence-corrected chi connectivity index (χ2v) is 11.5. The molecule has 0 radical (unpaired) electrons. The average molecular weight is 580 g/mol. The van der Waals surface area contributed by atoms with Crippen molar-refractivity contribution in [3.63, 3.8) is 0 Å². The number of benzene rings is 2. The number of phenolic OH excluding ortho intramolecular Hbond substituents is 1. The summed E-state index contributed by atoms with van der Waals surface area (Å²) in [5.74, 6) is -0.800. The van der Waals surface area contributed by atoms with Crippen LogP contribution in [0.25, 0.3) is 32.9 Å². The predicted molar refractivity (Wildman–Crippen MR) is 153 cm³/mol. The van der Waals surface area contributed by atoms with Gasteiger partial charge in [0.1, 0.15) is 48.1 Å². The maximum absolute atomic E-state index is 16.6. The van der Waals surface area contributed by atoms with Gasteiger partial charge in [-0.3, -0.25) is 9.88 Å². The number of anilines is 1. The Bertz CT molecular complexity index is 1680. The molecule has 3 fully saturated rings. The predicted octanol–water partition coefficient (Wildman–Crippen LogP) is 5.53. The molecule has 2 aromatic heterocycles. The minimum Gasteiger partial charge on any atom is -0.508 e. The molecule has 8 nitrogen and oxygen atoms in total. The molecule has 0 aliphatic carbocycles. The van der Waals surface area contributed by atoms with Crippen LogP contribution in [0.5, 0.6) is 11.8 Å². The zero-order valence-electron chi connectivity index (χ0n) is 23.4. The van der Waals surface area contributed by atoms with E-state index in [9.17, 15) is 13.9 Å². The first-order valence-electron chi connectivity index (χ1n) is 14.5. The molecule has 42 heavy (non-hydrogen) atoms. The molecule has 3 saturated heterocycles. The number of aryl methyl sites for hydroxylation is 1. The van der Waals surface area contributed by atoms with Gasteiger partial charge in [0.15, 0.2) is 5.82 Å². The zero-order chi connectivity index (χ0) is 29.0. The lowest BCUT2D eigenvalue weighted by atomic mass is 9.94. The van der Waals surface area contributed by atoms with Gasteiger partial charge < -0.3 is 19.5 Å². The molecule has 11 heteroatoms. The van der Waals surface area contributed by atoms with Gasteiger partial charge in [0.05, 0.1) is 17.5 Å². The van der Waals surface area contributed by atoms with Crippen LogP contribution in [0.1, 0.15) is 38.2 Å². The molecule has 0 unspecified atom stereocenters. The molecular formula is C31H32F3N5O3. The van der Waals surface area contributed by atoms with Crippen LogP contribution in [-0.2, 0) is 11.2 Å². The van der Waals surface area contributed by atoms with Crippen LogP contribution >= 0.6 is 0 Å². The summed E-state index contributed by atoms with van der Waals surface area (Å²) < 4.78 is 57.6. The van der Waals surface area contributed by atoms with Gasteiger partial charge in [0.2, 0.25) is 0 Å². The highest BCUT2D eigenvalue weighted by atomic mass is 19.1. The number of hydrogen-bond acceptors (Lipinski definition) is 8. The van der Waals surface area contributed by atoms with E-state index in [1.54, 1.807) is 6.07 Å². The number of aromatic hydroxyl groups is 1. The van der Waals surface area contributed by atoms with E-state index in [0.29, 0.717) is 60.1 Å². The van der Waals surface area contributed by atoms with E-state index in [2.05, 4.69) is 19.9 Å². The summed E-state index contributed by atoms with van der Waals surface area (Å²) in [6.07, 6.45) is 3.90. The van der Waals surface area contributed by atoms with Gasteiger partial charge in [-0.2, -0.15) is 9.97 Å². The molecular weight excluding hydrogens is 547 g/mol. The van der Waals surface area contributed by atoms with Crippen molar-refractivity contribution in [2.75, 3.05) is 44.5 Å². The van der Waals surface area contributed by atoms with Crippen molar-refractivity contribution < 1.29 is 27.8 Å². The second-order valence-electron chi connectivity index (χ2n) is 11.5. The Hall–Kier alpha value is -3.70. The number of alkyl halides is 1. The molecule has 220 valence electrons. The van der Waals surface area contributed by atoms with Crippen LogP contribution in [0.2, 0.25) is 0 Å². The fourth-order valence-electron chi connectivity index (χ4n) is 6.96. The van der Waals surface area contributed by atoms with E-state index in [4.69, 9.17) is 9.47 Å². The number of rotatable bonds is 6. The highest BCUT2D eigenvalue weighted by molar-refractivity contribution is 6.01. The quantitative estimate of drug-likeness (QED) is 0.319. The standard InChI is InChI=1S/C31H32F3N5O3/c1-2-21-24(33)6-5-18-11-20(40)12-22(25(18)21)27-26(34)28-23(14-35-27)29(38-8-4-10-41-17-38)37-30(36-28)42-16-31-7-3-9-39(31)15-19(32)13-31/h5-6,11-12,14,19,40H,2-4,7-10,13,15-17H2,1H3/t19-,31+/m1/s1. The number of fused-ring (bicyclic) bond motifs is 3. The van der Waals surface area contributed by atoms with E-state index in [1.807, 2.05) is 11.8 Å². The fraction of sp³-hybridized carbons (Fsp3) is 0.452. The number of ether oxygens (including phenoxy) is 2. The summed E-state index contributed by atoms with van der Waals surface area (Å²) in [5.41, 5.74) is 0.183. The first-order valence-corrected chi connectivity index (χ1v) is 14.5. The number of hydrogen-bond donors (Lipinski definition) is 1. The summed E-state index contributed by atoms with van der Waals surface area (Å²) in [5, 5.41) is 11.9. The maximum Gasteiger partial charge on any atom is 0.319 e. The largest absolute Gasteiger partial charge is 0.508 e. The summed E-state index contributed by atoms with van der Waals surface area (Å²) >= 11 is 0. The monoisotopic (exact) mass is 579 g/mol. The third-order valence-electron chi connectivity index (χ3n) is 8.90. The van der Waals surface area contributed by atoms with Gasteiger partial charge in [0, 0.05) is 31.3 Å². The summed E-state index contributed by atoms with van der Waals surface area (Å²) in [6, 6.07) is 5.82. The minimum atomic E-state index is -0.909. The Balaban J connectivity index is 1.37. The number of pyridine rings is 1. The number of phenols is 1. The van der Waals surface area contributed by atoms with Crippen molar-refractivity contribution >= 4 is 27.5 Å². The molecule has 5 heterocycles. The van der Waals surface area contributed by atoms with E-state index >= 15 is 4.39 Å². The highest BCUT2D eigenvalue weighted by Gasteiger charge is 2.49. The summed E-state index contributed by atoms with van der Waals surface area (Å²) in [7, 11) is 0. The Morgan fingerprint density at radius 1 is 1.17 bits per heavy atom. The van der Waals surface area contributed by atoms with Crippen molar-refractivity contribution in [1.82, 2.24) is 19.9 Å². The fourth-order valence-corrected chi connectivity index (χ4v) is 6.96. The first kappa shape index (κ1) is 27.2. The normalized spacial score (nSPS) is 22.8. The molecule has 0 bridgehead atoms. The summed E-state index contributed by atoms with van der Waals surface area (Å²) in [6.45, 7) is 4.76. The van der Waals surface area contributed by atoms with Gasteiger partial charge >= 0.3 is 6.01 Å². The highest BCUT2D eigenvalue weighted by Crippen LogP contribution is 2.42. The topological polar surface area (TPSA) is 83.8 Å². The van der Waals surface area contributed by atoms with Gasteiger partial charge in [-0.1, -0.05) is 13.0 Å². The Morgan fingerprint density at radius 3 is 2.86 bits per heavy atom. The van der Waals surface area contributed by atoms with Crippen LogP contribution < -0.4 is 9.64 Å². The Morgan fingerprint density at radius 2 is 2.05 bits per heavy atom. The van der Waals surface area contributed by atoms with E-state index in [0.717, 1.165) is 25.8 Å². The molecule has 0 saturated carbocycles. The van der Waals surface area contributed by atoms with Gasteiger partial charge in [-0.05, 0) is 66.8 Å². The molecule has 2 aromatic carbocycles. The molecule has 2 atom stereocenters. The SMILES string of the molecule is CCc1c(F)ccc2cc(O)cc(-c3ncc4c(N5CCCOC5)nc(OC[C@@]56CCCN5C[C@H](F)C6)nc4c3F)c12. The van der Waals surface area contributed by atoms with Crippen LogP contribution in [-0.4, -0.2) is 76.2 Å². The lowest BCUT2D eigenvalue weighted by Gasteiger charge is -2.31. The number of aromatic nitrogens is 3. The van der Waals surface area contributed by atoms with Crippen molar-refractivity contribution in [3.8, 4) is 23.0 Å². The van der Waals surface area contributed by atoms with Crippen LogP contribution in [0.3, 0.4) is 0 Å². The molecule has 4 aromatic rings. The molecule has 0 amide bonds. The third-order valence-corrected chi connectivity index (χ3v) is 8.90. The smallest absolute Gasteiger partial charge is 0.319 e. The van der Waals surface area contributed by atoms with Crippen LogP contribution in [0.4, 0.5) is 19.0 Å². The maximum atomic E-state index is 16.6. The zero-order valence-corrected chi connectivity index (χ0v) is 23.4. The van der Waals surface area contributed by atoms with Gasteiger partial charge in [0.25, 0.3) is 0 Å². The third kappa shape index (κ3) is 4.50. The molecule has 7 rings (SSSR count). The van der Waals surface area contributed by atoms with Crippen LogP contribution in [0.15, 0.2) is 30.5 Å². The lowest BCUT2D eigenvalue weighted by Crippen LogP contribution is -2.43. The van der Waals surface area contributed by atoms with Crippen LogP contribution in [0, 0.1) is 11.6 Å². The van der Waals surface area contributed by atoms with Crippen molar-refractivity contribution in [2.45, 2.75) is 50.7 Å². The van der Waals surface area contributed by atoms with Crippen molar-refractivity contribution in [1.29, 1.82) is 0 Å². The van der Waals surface area contributed by atoms with Gasteiger partial charge in [-0.25, -0.2) is 13.2 Å². The van der Waals surface area contributed by atoms with E-state index in [1.165, 1.54) is 24.4 Å². The Kier molecular flexibility index (Phi) is 6.81. The molecule has 3 aliphatic heterocycles. The lowest BCUT2D eigenvalue weighted by molar-refractivity contribution is 0.104. The average Bonchev–Trinajstić information content (AvgIpc) is 3.52. The first-order chi connectivity index (χ1) is 20.4. The van der Waals surface area contributed by atoms with Crippen molar-refractivity contribution in [3.05, 3.63) is 47.7 Å². The molecule has 0 spiro atoms. The second kappa shape index (κ2) is 10.5. The number of nitrogens with zero attached hydrogens (tertiary/aromatic N) is 5. The van der Waals surface area contributed by atoms with E-state index in [-0.39, 0.29) is 41.9 Å². The molecule has 1 N–H and O–H groups in total. The van der Waals surface area contributed by atoms with Gasteiger partial charge in [-0.15, -0.1) is 0 Å². The molecule has 3 aliphatic rings.